The van der Waals surface area contributed by atoms with Crippen LogP contribution in [0.15, 0.2) is 53.4 Å². The second-order valence-corrected chi connectivity index (χ2v) is 7.95. The summed E-state index contributed by atoms with van der Waals surface area (Å²) in [6.45, 7) is 3.57. The summed E-state index contributed by atoms with van der Waals surface area (Å²) in [4.78, 5) is 13.8. The van der Waals surface area contributed by atoms with Gasteiger partial charge in [-0.3, -0.25) is 9.52 Å². The number of nitrogens with one attached hydrogen (secondary N) is 1. The normalized spacial score (nSPS) is 14.2. The number of sulfonamides is 1. The van der Waals surface area contributed by atoms with Crippen molar-refractivity contribution in [1.82, 2.24) is 0 Å². The number of carbonyl (C=O) groups is 1. The highest BCUT2D eigenvalue weighted by Gasteiger charge is 2.31. The Labute approximate surface area is 148 Å². The van der Waals surface area contributed by atoms with E-state index in [0.29, 0.717) is 5.69 Å². The van der Waals surface area contributed by atoms with E-state index in [1.165, 1.54) is 0 Å². The van der Waals surface area contributed by atoms with Gasteiger partial charge in [0.2, 0.25) is 5.91 Å². The Morgan fingerprint density at radius 2 is 1.68 bits per heavy atom. The molecule has 0 unspecified atom stereocenters. The molecule has 5 nitrogen and oxygen atoms in total. The number of hydrogen-bond donors (Lipinski definition) is 1. The van der Waals surface area contributed by atoms with Gasteiger partial charge in [-0.05, 0) is 61.2 Å². The summed E-state index contributed by atoms with van der Waals surface area (Å²) < 4.78 is 27.5. The number of rotatable bonds is 6. The number of aryl methyl sites for hydroxylation is 1. The molecule has 1 aliphatic rings. The van der Waals surface area contributed by atoms with E-state index < -0.39 is 10.0 Å². The van der Waals surface area contributed by atoms with Gasteiger partial charge in [-0.15, -0.1) is 0 Å². The van der Waals surface area contributed by atoms with E-state index in [-0.39, 0.29) is 16.8 Å². The molecule has 0 aromatic heterocycles. The summed E-state index contributed by atoms with van der Waals surface area (Å²) >= 11 is 0. The maximum Gasteiger partial charge on any atom is 0.261 e. The Bertz CT molecular complexity index is 855. The van der Waals surface area contributed by atoms with Crippen LogP contribution in [0.25, 0.3) is 0 Å². The minimum Gasteiger partial charge on any atom is -0.310 e. The molecule has 0 atom stereocenters. The van der Waals surface area contributed by atoms with Crippen LogP contribution in [-0.2, 0) is 21.2 Å². The SMILES string of the molecule is CCc1ccc(S(=O)(=O)Nc2ccc(N(C(C)=O)C3CC3)cc2)cc1. The molecule has 0 radical (unpaired) electrons. The molecule has 132 valence electrons. The summed E-state index contributed by atoms with van der Waals surface area (Å²) in [6, 6.07) is 14.1. The standard InChI is InChI=1S/C19H22N2O3S/c1-3-15-4-12-19(13-5-15)25(23,24)20-16-6-8-17(9-7-16)21(14(2)22)18-10-11-18/h4-9,12-13,18,20H,3,10-11H2,1-2H3. The number of amides is 1. The van der Waals surface area contributed by atoms with Crippen LogP contribution in [0.4, 0.5) is 11.4 Å². The number of anilines is 2. The van der Waals surface area contributed by atoms with Crippen LogP contribution in [0.3, 0.4) is 0 Å². The van der Waals surface area contributed by atoms with Crippen molar-refractivity contribution in [2.75, 3.05) is 9.62 Å². The van der Waals surface area contributed by atoms with Gasteiger partial charge in [0.1, 0.15) is 0 Å². The fourth-order valence-electron chi connectivity index (χ4n) is 2.79. The molecule has 3 rings (SSSR count). The molecule has 0 bridgehead atoms. The lowest BCUT2D eigenvalue weighted by Gasteiger charge is -2.21. The zero-order chi connectivity index (χ0) is 18.0. The van der Waals surface area contributed by atoms with Gasteiger partial charge in [0, 0.05) is 24.3 Å². The number of benzene rings is 2. The summed E-state index contributed by atoms with van der Waals surface area (Å²) in [5.74, 6) is 0.00634. The molecular formula is C19H22N2O3S. The van der Waals surface area contributed by atoms with Crippen molar-refractivity contribution < 1.29 is 13.2 Å². The summed E-state index contributed by atoms with van der Waals surface area (Å²) in [7, 11) is -3.62. The molecule has 0 spiro atoms. The van der Waals surface area contributed by atoms with E-state index in [9.17, 15) is 13.2 Å². The first kappa shape index (κ1) is 17.5. The molecule has 0 aliphatic heterocycles. The van der Waals surface area contributed by atoms with Gasteiger partial charge >= 0.3 is 0 Å². The van der Waals surface area contributed by atoms with Gasteiger partial charge in [-0.25, -0.2) is 8.42 Å². The van der Waals surface area contributed by atoms with Crippen molar-refractivity contribution >= 4 is 27.3 Å². The molecule has 1 N–H and O–H groups in total. The van der Waals surface area contributed by atoms with Crippen LogP contribution in [0, 0.1) is 0 Å². The average molecular weight is 358 g/mol. The highest BCUT2D eigenvalue weighted by Crippen LogP contribution is 2.32. The monoisotopic (exact) mass is 358 g/mol. The third kappa shape index (κ3) is 4.02. The molecule has 2 aromatic carbocycles. The van der Waals surface area contributed by atoms with Crippen molar-refractivity contribution in [2.24, 2.45) is 0 Å². The molecule has 1 amide bonds. The first-order chi connectivity index (χ1) is 11.9. The minimum absolute atomic E-state index is 0.00634. The zero-order valence-electron chi connectivity index (χ0n) is 14.4. The van der Waals surface area contributed by atoms with Crippen LogP contribution < -0.4 is 9.62 Å². The van der Waals surface area contributed by atoms with Crippen LogP contribution in [0.5, 0.6) is 0 Å². The van der Waals surface area contributed by atoms with Gasteiger partial charge < -0.3 is 4.90 Å². The number of hydrogen-bond acceptors (Lipinski definition) is 3. The lowest BCUT2D eigenvalue weighted by Crippen LogP contribution is -2.30. The lowest BCUT2D eigenvalue weighted by atomic mass is 10.2. The van der Waals surface area contributed by atoms with Crippen LogP contribution in [-0.4, -0.2) is 20.4 Å². The molecule has 2 aromatic rings. The summed E-state index contributed by atoms with van der Waals surface area (Å²) in [5, 5.41) is 0. The van der Waals surface area contributed by atoms with Gasteiger partial charge in [0.05, 0.1) is 4.90 Å². The Kier molecular flexibility index (Phi) is 4.81. The fraction of sp³-hybridized carbons (Fsp3) is 0.316. The van der Waals surface area contributed by atoms with Crippen molar-refractivity contribution in [3.05, 3.63) is 54.1 Å². The predicted molar refractivity (Wildman–Crippen MR) is 99.3 cm³/mol. The fourth-order valence-corrected chi connectivity index (χ4v) is 3.85. The maximum absolute atomic E-state index is 12.5. The quantitative estimate of drug-likeness (QED) is 0.858. The van der Waals surface area contributed by atoms with E-state index >= 15 is 0 Å². The molecular weight excluding hydrogens is 336 g/mol. The zero-order valence-corrected chi connectivity index (χ0v) is 15.2. The van der Waals surface area contributed by atoms with Gasteiger partial charge in [0.15, 0.2) is 0 Å². The first-order valence-electron chi connectivity index (χ1n) is 8.42. The number of carbonyl (C=O) groups excluding carboxylic acids is 1. The molecule has 0 heterocycles. The second kappa shape index (κ2) is 6.88. The van der Waals surface area contributed by atoms with Crippen LogP contribution in [0.1, 0.15) is 32.3 Å². The summed E-state index contributed by atoms with van der Waals surface area (Å²) in [6.07, 6.45) is 2.90. The van der Waals surface area contributed by atoms with Crippen molar-refractivity contribution in [2.45, 2.75) is 44.0 Å². The van der Waals surface area contributed by atoms with Crippen LogP contribution >= 0.6 is 0 Å². The molecule has 1 fully saturated rings. The van der Waals surface area contributed by atoms with E-state index in [1.54, 1.807) is 48.2 Å². The highest BCUT2D eigenvalue weighted by atomic mass is 32.2. The van der Waals surface area contributed by atoms with E-state index in [4.69, 9.17) is 0 Å². The van der Waals surface area contributed by atoms with E-state index in [1.807, 2.05) is 19.1 Å². The Hall–Kier alpha value is -2.34. The van der Waals surface area contributed by atoms with Crippen molar-refractivity contribution in [3.63, 3.8) is 0 Å². The average Bonchev–Trinajstić information content (AvgIpc) is 3.41. The minimum atomic E-state index is -3.62. The third-order valence-corrected chi connectivity index (χ3v) is 5.69. The molecule has 1 aliphatic carbocycles. The molecule has 6 heteroatoms. The Balaban J connectivity index is 1.76. The summed E-state index contributed by atoms with van der Waals surface area (Å²) in [5.41, 5.74) is 2.36. The lowest BCUT2D eigenvalue weighted by molar-refractivity contribution is -0.116. The third-order valence-electron chi connectivity index (χ3n) is 4.29. The van der Waals surface area contributed by atoms with Crippen LogP contribution in [0.2, 0.25) is 0 Å². The van der Waals surface area contributed by atoms with Gasteiger partial charge in [-0.1, -0.05) is 19.1 Å². The topological polar surface area (TPSA) is 66.5 Å². The van der Waals surface area contributed by atoms with E-state index in [0.717, 1.165) is 30.5 Å². The Morgan fingerprint density at radius 1 is 1.08 bits per heavy atom. The first-order valence-corrected chi connectivity index (χ1v) is 9.90. The van der Waals surface area contributed by atoms with Crippen molar-refractivity contribution in [3.8, 4) is 0 Å². The largest absolute Gasteiger partial charge is 0.310 e. The second-order valence-electron chi connectivity index (χ2n) is 6.27. The molecule has 0 saturated heterocycles. The predicted octanol–water partition coefficient (Wildman–Crippen LogP) is 3.57. The van der Waals surface area contributed by atoms with Gasteiger partial charge in [-0.2, -0.15) is 0 Å². The maximum atomic E-state index is 12.5. The number of nitrogens with zero attached hydrogens (tertiary/aromatic N) is 1. The van der Waals surface area contributed by atoms with Crippen molar-refractivity contribution in [1.29, 1.82) is 0 Å². The molecule has 1 saturated carbocycles. The molecule has 25 heavy (non-hydrogen) atoms. The van der Waals surface area contributed by atoms with E-state index in [2.05, 4.69) is 4.72 Å². The van der Waals surface area contributed by atoms with Gasteiger partial charge in [0.25, 0.3) is 10.0 Å². The smallest absolute Gasteiger partial charge is 0.261 e. The highest BCUT2D eigenvalue weighted by molar-refractivity contribution is 7.92. The Morgan fingerprint density at radius 3 is 2.16 bits per heavy atom.